The van der Waals surface area contributed by atoms with Crippen LogP contribution in [0.4, 0.5) is 0 Å². The van der Waals surface area contributed by atoms with Gasteiger partial charge in [-0.1, -0.05) is 0 Å². The lowest BCUT2D eigenvalue weighted by Gasteiger charge is -2.24. The lowest BCUT2D eigenvalue weighted by atomic mass is 10.1. The summed E-state index contributed by atoms with van der Waals surface area (Å²) in [6.45, 7) is 2.46. The Morgan fingerprint density at radius 1 is 1.33 bits per heavy atom. The molecular formula is C14H15N5O2. The fraction of sp³-hybridized carbons (Fsp3) is 0.357. The zero-order valence-corrected chi connectivity index (χ0v) is 11.6. The highest BCUT2D eigenvalue weighted by Gasteiger charge is 2.31. The van der Waals surface area contributed by atoms with Crippen LogP contribution in [-0.4, -0.2) is 37.3 Å². The van der Waals surface area contributed by atoms with Crippen molar-refractivity contribution in [2.24, 2.45) is 0 Å². The second-order valence-electron chi connectivity index (χ2n) is 5.03. The number of carbonyl (C=O) groups excluding carboxylic acids is 1. The van der Waals surface area contributed by atoms with E-state index in [2.05, 4.69) is 19.9 Å². The average molecular weight is 285 g/mol. The van der Waals surface area contributed by atoms with Gasteiger partial charge in [0.05, 0.1) is 17.9 Å². The van der Waals surface area contributed by atoms with E-state index in [1.165, 1.54) is 12.4 Å². The summed E-state index contributed by atoms with van der Waals surface area (Å²) in [7, 11) is 0. The Labute approximate surface area is 121 Å². The lowest BCUT2D eigenvalue weighted by molar-refractivity contribution is 0.0726. The number of aromatic amines is 1. The number of rotatable bonds is 2. The van der Waals surface area contributed by atoms with Crippen molar-refractivity contribution < 1.29 is 4.79 Å². The molecule has 1 aliphatic rings. The van der Waals surface area contributed by atoms with Gasteiger partial charge < -0.3 is 9.88 Å². The smallest absolute Gasteiger partial charge is 0.329 e. The molecule has 1 fully saturated rings. The van der Waals surface area contributed by atoms with Crippen LogP contribution in [0, 0.1) is 6.92 Å². The van der Waals surface area contributed by atoms with Crippen molar-refractivity contribution in [3.63, 3.8) is 0 Å². The third kappa shape index (κ3) is 2.67. The van der Waals surface area contributed by atoms with Crippen LogP contribution in [0.25, 0.3) is 0 Å². The predicted octanol–water partition coefficient (Wildman–Crippen LogP) is 0.846. The number of H-pyrrole nitrogens is 1. The van der Waals surface area contributed by atoms with Crippen LogP contribution in [0.15, 0.2) is 29.5 Å². The van der Waals surface area contributed by atoms with Gasteiger partial charge in [-0.3, -0.25) is 9.78 Å². The molecule has 21 heavy (non-hydrogen) atoms. The molecular weight excluding hydrogens is 270 g/mol. The number of aromatic nitrogens is 4. The molecule has 3 heterocycles. The first kappa shape index (κ1) is 13.4. The van der Waals surface area contributed by atoms with E-state index < -0.39 is 5.69 Å². The summed E-state index contributed by atoms with van der Waals surface area (Å²) in [5.74, 6) is -0.164. The molecule has 3 rings (SSSR count). The zero-order valence-electron chi connectivity index (χ0n) is 11.6. The SMILES string of the molecule is Cc1cnc(C(=O)N2CCC[C@H]2c2ccnc(=O)[nH]2)cn1. The predicted molar refractivity (Wildman–Crippen MR) is 74.6 cm³/mol. The molecule has 2 aromatic heterocycles. The van der Waals surface area contributed by atoms with Crippen molar-refractivity contribution in [2.75, 3.05) is 6.54 Å². The normalized spacial score (nSPS) is 18.0. The molecule has 0 saturated carbocycles. The molecule has 0 aromatic carbocycles. The highest BCUT2D eigenvalue weighted by molar-refractivity contribution is 5.92. The van der Waals surface area contributed by atoms with Crippen molar-refractivity contribution in [1.29, 1.82) is 0 Å². The molecule has 1 aliphatic heterocycles. The Balaban J connectivity index is 1.88. The molecule has 0 radical (unpaired) electrons. The molecule has 7 nitrogen and oxygen atoms in total. The third-order valence-corrected chi connectivity index (χ3v) is 3.57. The van der Waals surface area contributed by atoms with Gasteiger partial charge in [-0.2, -0.15) is 0 Å². The van der Waals surface area contributed by atoms with Gasteiger partial charge in [-0.25, -0.2) is 14.8 Å². The molecule has 1 N–H and O–H groups in total. The highest BCUT2D eigenvalue weighted by atomic mass is 16.2. The summed E-state index contributed by atoms with van der Waals surface area (Å²) < 4.78 is 0. The first-order valence-electron chi connectivity index (χ1n) is 6.80. The van der Waals surface area contributed by atoms with Crippen LogP contribution in [0.3, 0.4) is 0 Å². The van der Waals surface area contributed by atoms with E-state index in [-0.39, 0.29) is 11.9 Å². The Morgan fingerprint density at radius 2 is 2.19 bits per heavy atom. The number of aryl methyl sites for hydroxylation is 1. The first-order valence-corrected chi connectivity index (χ1v) is 6.80. The maximum Gasteiger partial charge on any atom is 0.345 e. The molecule has 7 heteroatoms. The molecule has 1 atom stereocenters. The van der Waals surface area contributed by atoms with Crippen molar-refractivity contribution >= 4 is 5.91 Å². The van der Waals surface area contributed by atoms with E-state index in [9.17, 15) is 9.59 Å². The Morgan fingerprint density at radius 3 is 2.90 bits per heavy atom. The molecule has 108 valence electrons. The Hall–Kier alpha value is -2.57. The summed E-state index contributed by atoms with van der Waals surface area (Å²) in [6, 6.07) is 1.59. The number of likely N-dealkylation sites (tertiary alicyclic amines) is 1. The van der Waals surface area contributed by atoms with Gasteiger partial charge in [0.2, 0.25) is 0 Å². The molecule has 2 aromatic rings. The van der Waals surface area contributed by atoms with Crippen LogP contribution in [0.5, 0.6) is 0 Å². The molecule has 1 amide bonds. The molecule has 0 bridgehead atoms. The van der Waals surface area contributed by atoms with Gasteiger partial charge in [0.25, 0.3) is 5.91 Å². The lowest BCUT2D eigenvalue weighted by Crippen LogP contribution is -2.32. The summed E-state index contributed by atoms with van der Waals surface area (Å²) in [5, 5.41) is 0. The summed E-state index contributed by atoms with van der Waals surface area (Å²) in [6.07, 6.45) is 6.22. The molecule has 0 aliphatic carbocycles. The van der Waals surface area contributed by atoms with E-state index in [0.29, 0.717) is 17.9 Å². The van der Waals surface area contributed by atoms with Crippen LogP contribution >= 0.6 is 0 Å². The second-order valence-corrected chi connectivity index (χ2v) is 5.03. The monoisotopic (exact) mass is 285 g/mol. The summed E-state index contributed by atoms with van der Waals surface area (Å²) in [5.41, 5.74) is 1.40. The van der Waals surface area contributed by atoms with Gasteiger partial charge >= 0.3 is 5.69 Å². The average Bonchev–Trinajstić information content (AvgIpc) is 2.97. The minimum Gasteiger partial charge on any atom is -0.329 e. The van der Waals surface area contributed by atoms with Gasteiger partial charge in [0.1, 0.15) is 5.69 Å². The summed E-state index contributed by atoms with van der Waals surface area (Å²) in [4.78, 5) is 40.2. The van der Waals surface area contributed by atoms with Crippen LogP contribution in [0.1, 0.15) is 40.8 Å². The topological polar surface area (TPSA) is 91.8 Å². The van der Waals surface area contributed by atoms with Gasteiger partial charge in [-0.15, -0.1) is 0 Å². The Kier molecular flexibility index (Phi) is 3.47. The standard InChI is InChI=1S/C14H15N5O2/c1-9-7-17-11(8-16-9)13(20)19-6-2-3-12(19)10-4-5-15-14(21)18-10/h4-5,7-8,12H,2-3,6H2,1H3,(H,15,18,21)/t12-/m0/s1. The van der Waals surface area contributed by atoms with E-state index >= 15 is 0 Å². The number of amides is 1. The largest absolute Gasteiger partial charge is 0.345 e. The van der Waals surface area contributed by atoms with Crippen LogP contribution in [0.2, 0.25) is 0 Å². The van der Waals surface area contributed by atoms with Gasteiger partial charge in [0, 0.05) is 24.6 Å². The van der Waals surface area contributed by atoms with Gasteiger partial charge in [0.15, 0.2) is 0 Å². The quantitative estimate of drug-likeness (QED) is 0.883. The highest BCUT2D eigenvalue weighted by Crippen LogP contribution is 2.31. The zero-order chi connectivity index (χ0) is 14.8. The fourth-order valence-electron chi connectivity index (χ4n) is 2.56. The fourth-order valence-corrected chi connectivity index (χ4v) is 2.56. The van der Waals surface area contributed by atoms with E-state index in [1.807, 2.05) is 6.92 Å². The Bertz CT molecular complexity index is 710. The van der Waals surface area contributed by atoms with Crippen molar-refractivity contribution in [2.45, 2.75) is 25.8 Å². The molecule has 1 saturated heterocycles. The van der Waals surface area contributed by atoms with Crippen molar-refractivity contribution in [3.05, 3.63) is 52.2 Å². The third-order valence-electron chi connectivity index (χ3n) is 3.57. The van der Waals surface area contributed by atoms with E-state index in [4.69, 9.17) is 0 Å². The van der Waals surface area contributed by atoms with Crippen molar-refractivity contribution in [1.82, 2.24) is 24.8 Å². The van der Waals surface area contributed by atoms with Crippen molar-refractivity contribution in [3.8, 4) is 0 Å². The number of nitrogens with zero attached hydrogens (tertiary/aromatic N) is 4. The van der Waals surface area contributed by atoms with Gasteiger partial charge in [-0.05, 0) is 25.8 Å². The van der Waals surface area contributed by atoms with E-state index in [1.54, 1.807) is 17.2 Å². The summed E-state index contributed by atoms with van der Waals surface area (Å²) >= 11 is 0. The maximum absolute atomic E-state index is 12.5. The maximum atomic E-state index is 12.5. The van der Waals surface area contributed by atoms with E-state index in [0.717, 1.165) is 18.5 Å². The molecule has 0 spiro atoms. The van der Waals surface area contributed by atoms with Crippen LogP contribution < -0.4 is 5.69 Å². The second kappa shape index (κ2) is 5.43. The number of hydrogen-bond acceptors (Lipinski definition) is 5. The number of nitrogens with one attached hydrogen (secondary N) is 1. The number of carbonyl (C=O) groups is 1. The van der Waals surface area contributed by atoms with Crippen LogP contribution in [-0.2, 0) is 0 Å². The number of hydrogen-bond donors (Lipinski definition) is 1. The first-order chi connectivity index (χ1) is 10.1. The minimum absolute atomic E-state index is 0.142. The molecule has 0 unspecified atom stereocenters. The minimum atomic E-state index is -0.401.